The first-order chi connectivity index (χ1) is 18.4. The van der Waals surface area contributed by atoms with Crippen molar-refractivity contribution < 1.29 is 23.7 Å². The zero-order valence-electron chi connectivity index (χ0n) is 23.1. The summed E-state index contributed by atoms with van der Waals surface area (Å²) in [6, 6.07) is 10.3. The van der Waals surface area contributed by atoms with Crippen LogP contribution in [0.5, 0.6) is 17.2 Å². The van der Waals surface area contributed by atoms with Gasteiger partial charge in [-0.1, -0.05) is 13.8 Å². The molecule has 0 aliphatic carbocycles. The molecule has 8 heteroatoms. The van der Waals surface area contributed by atoms with E-state index in [4.69, 9.17) is 18.9 Å². The van der Waals surface area contributed by atoms with Crippen LogP contribution in [0.1, 0.15) is 49.9 Å². The van der Waals surface area contributed by atoms with Crippen LogP contribution in [0.25, 0.3) is 10.9 Å². The van der Waals surface area contributed by atoms with Crippen molar-refractivity contribution in [2.45, 2.75) is 45.1 Å². The molecular weight excluding hydrogens is 482 g/mol. The van der Waals surface area contributed by atoms with Gasteiger partial charge < -0.3 is 33.7 Å². The second-order valence-electron chi connectivity index (χ2n) is 10.7. The highest BCUT2D eigenvalue weighted by Gasteiger charge is 2.39. The van der Waals surface area contributed by atoms with Crippen LogP contribution in [0.3, 0.4) is 0 Å². The van der Waals surface area contributed by atoms with Gasteiger partial charge in [-0.05, 0) is 72.2 Å². The lowest BCUT2D eigenvalue weighted by Crippen LogP contribution is -2.51. The summed E-state index contributed by atoms with van der Waals surface area (Å²) in [5.41, 5.74) is 4.36. The van der Waals surface area contributed by atoms with Gasteiger partial charge >= 0.3 is 6.03 Å². The van der Waals surface area contributed by atoms with E-state index in [2.05, 4.69) is 54.2 Å². The average molecular weight is 522 g/mol. The van der Waals surface area contributed by atoms with Gasteiger partial charge in [0, 0.05) is 36.7 Å². The normalized spacial score (nSPS) is 17.9. The Balaban J connectivity index is 1.57. The molecule has 8 nitrogen and oxygen atoms in total. The number of methoxy groups -OCH3 is 2. The summed E-state index contributed by atoms with van der Waals surface area (Å²) in [6.45, 7) is 10.1. The van der Waals surface area contributed by atoms with Crippen molar-refractivity contribution in [2.75, 3.05) is 53.7 Å². The predicted octanol–water partition coefficient (Wildman–Crippen LogP) is 5.30. The van der Waals surface area contributed by atoms with Crippen LogP contribution in [-0.4, -0.2) is 74.5 Å². The van der Waals surface area contributed by atoms with E-state index in [1.165, 1.54) is 11.1 Å². The first-order valence-electron chi connectivity index (χ1n) is 13.5. The minimum absolute atomic E-state index is 0.0779. The summed E-state index contributed by atoms with van der Waals surface area (Å²) >= 11 is 0. The molecule has 1 N–H and O–H groups in total. The second kappa shape index (κ2) is 10.8. The van der Waals surface area contributed by atoms with Crippen LogP contribution >= 0.6 is 0 Å². The lowest BCUT2D eigenvalue weighted by molar-refractivity contribution is 0.0363. The number of H-pyrrole nitrogens is 1. The molecule has 1 aromatic heterocycles. The zero-order chi connectivity index (χ0) is 26.9. The summed E-state index contributed by atoms with van der Waals surface area (Å²) < 4.78 is 22.7. The number of ether oxygens (including phenoxy) is 4. The number of morpholine rings is 1. The number of amides is 2. The van der Waals surface area contributed by atoms with E-state index >= 15 is 0 Å². The fourth-order valence-electron chi connectivity index (χ4n) is 5.90. The van der Waals surface area contributed by atoms with Gasteiger partial charge in [-0.2, -0.15) is 0 Å². The summed E-state index contributed by atoms with van der Waals surface area (Å²) in [6.07, 6.45) is 3.62. The molecule has 1 fully saturated rings. The number of fused-ring (bicyclic) bond motifs is 2. The number of nitrogens with one attached hydrogen (secondary N) is 1. The molecule has 0 bridgehead atoms. The Morgan fingerprint density at radius 1 is 1.08 bits per heavy atom. The van der Waals surface area contributed by atoms with Crippen molar-refractivity contribution in [3.63, 3.8) is 0 Å². The number of rotatable bonds is 7. The Kier molecular flexibility index (Phi) is 7.43. The van der Waals surface area contributed by atoms with Crippen molar-refractivity contribution in [1.29, 1.82) is 0 Å². The summed E-state index contributed by atoms with van der Waals surface area (Å²) in [4.78, 5) is 21.3. The first kappa shape index (κ1) is 26.2. The first-order valence-corrected chi connectivity index (χ1v) is 13.5. The van der Waals surface area contributed by atoms with E-state index in [1.807, 2.05) is 17.9 Å². The van der Waals surface area contributed by atoms with Crippen molar-refractivity contribution in [2.24, 2.45) is 0 Å². The lowest BCUT2D eigenvalue weighted by atomic mass is 9.75. The van der Waals surface area contributed by atoms with Crippen molar-refractivity contribution in [3.05, 3.63) is 53.2 Å². The van der Waals surface area contributed by atoms with E-state index < -0.39 is 0 Å². The SMILES string of the molecule is CCOc1cc2c(cc1OC)CCN(C(=O)N1CCOCC1)C2CC(C)(C)c1c[nH]c2ccc(OC)cc12. The number of carbonyl (C=O) groups is 1. The molecule has 3 heterocycles. The van der Waals surface area contributed by atoms with Crippen LogP contribution in [0, 0.1) is 0 Å². The Morgan fingerprint density at radius 3 is 2.58 bits per heavy atom. The van der Waals surface area contributed by atoms with E-state index in [-0.39, 0.29) is 17.5 Å². The van der Waals surface area contributed by atoms with Gasteiger partial charge in [-0.3, -0.25) is 0 Å². The molecule has 1 atom stereocenters. The molecule has 0 saturated carbocycles. The quantitative estimate of drug-likeness (QED) is 0.457. The molecule has 204 valence electrons. The summed E-state index contributed by atoms with van der Waals surface area (Å²) in [5, 5.41) is 1.14. The number of hydrogen-bond donors (Lipinski definition) is 1. The van der Waals surface area contributed by atoms with Gasteiger partial charge in [0.25, 0.3) is 0 Å². The molecule has 2 amide bonds. The molecule has 1 unspecified atom stereocenters. The number of benzene rings is 2. The maximum absolute atomic E-state index is 13.9. The highest BCUT2D eigenvalue weighted by Crippen LogP contribution is 2.45. The zero-order valence-corrected chi connectivity index (χ0v) is 23.1. The Bertz CT molecular complexity index is 1290. The second-order valence-corrected chi connectivity index (χ2v) is 10.7. The molecule has 1 saturated heterocycles. The van der Waals surface area contributed by atoms with Gasteiger partial charge in [0.05, 0.1) is 40.1 Å². The third kappa shape index (κ3) is 4.89. The van der Waals surface area contributed by atoms with Gasteiger partial charge in [-0.15, -0.1) is 0 Å². The monoisotopic (exact) mass is 521 g/mol. The van der Waals surface area contributed by atoms with E-state index in [1.54, 1.807) is 14.2 Å². The number of nitrogens with zero attached hydrogens (tertiary/aromatic N) is 2. The molecule has 38 heavy (non-hydrogen) atoms. The molecular formula is C30H39N3O5. The fourth-order valence-corrected chi connectivity index (χ4v) is 5.90. The van der Waals surface area contributed by atoms with Gasteiger partial charge in [0.15, 0.2) is 11.5 Å². The van der Waals surface area contributed by atoms with E-state index in [9.17, 15) is 4.79 Å². The molecule has 2 aliphatic heterocycles. The minimum atomic E-state index is -0.251. The van der Waals surface area contributed by atoms with Crippen LogP contribution in [-0.2, 0) is 16.6 Å². The predicted molar refractivity (Wildman–Crippen MR) is 148 cm³/mol. The highest BCUT2D eigenvalue weighted by molar-refractivity contribution is 5.85. The largest absolute Gasteiger partial charge is 0.497 e. The van der Waals surface area contributed by atoms with Crippen LogP contribution in [0.4, 0.5) is 4.79 Å². The number of aromatic amines is 1. The van der Waals surface area contributed by atoms with Gasteiger partial charge in [-0.25, -0.2) is 4.79 Å². The number of carbonyl (C=O) groups excluding carboxylic acids is 1. The van der Waals surface area contributed by atoms with Crippen LogP contribution < -0.4 is 14.2 Å². The average Bonchev–Trinajstić information content (AvgIpc) is 3.37. The molecule has 3 aromatic rings. The topological polar surface area (TPSA) is 76.3 Å². The van der Waals surface area contributed by atoms with E-state index in [0.717, 1.165) is 40.8 Å². The van der Waals surface area contributed by atoms with Crippen molar-refractivity contribution in [3.8, 4) is 17.2 Å². The van der Waals surface area contributed by atoms with Gasteiger partial charge in [0.2, 0.25) is 0 Å². The summed E-state index contributed by atoms with van der Waals surface area (Å²) in [5.74, 6) is 2.28. The third-order valence-electron chi connectivity index (χ3n) is 7.93. The Hall–Kier alpha value is -3.39. The lowest BCUT2D eigenvalue weighted by Gasteiger charge is -2.44. The highest BCUT2D eigenvalue weighted by atomic mass is 16.5. The number of urea groups is 1. The Morgan fingerprint density at radius 2 is 1.87 bits per heavy atom. The third-order valence-corrected chi connectivity index (χ3v) is 7.93. The maximum Gasteiger partial charge on any atom is 0.320 e. The van der Waals surface area contributed by atoms with E-state index in [0.29, 0.717) is 45.2 Å². The Labute approximate surface area is 224 Å². The van der Waals surface area contributed by atoms with Crippen LogP contribution in [0.15, 0.2) is 36.5 Å². The molecule has 0 spiro atoms. The standard InChI is InChI=1S/C30H39N3O5/c1-6-38-28-17-22-20(15-27(28)36-5)9-10-33(29(34)32-11-13-37-14-12-32)26(22)18-30(2,3)24-19-31-25-8-7-21(35-4)16-23(24)25/h7-8,15-17,19,26,31H,6,9-14,18H2,1-5H3. The van der Waals surface area contributed by atoms with Crippen LogP contribution in [0.2, 0.25) is 0 Å². The minimum Gasteiger partial charge on any atom is -0.497 e. The number of aromatic nitrogens is 1. The molecule has 2 aliphatic rings. The number of hydrogen-bond acceptors (Lipinski definition) is 5. The van der Waals surface area contributed by atoms with Gasteiger partial charge in [0.1, 0.15) is 5.75 Å². The smallest absolute Gasteiger partial charge is 0.320 e. The fraction of sp³-hybridized carbons (Fsp3) is 0.500. The molecule has 5 rings (SSSR count). The molecule has 2 aromatic carbocycles. The maximum atomic E-state index is 13.9. The summed E-state index contributed by atoms with van der Waals surface area (Å²) in [7, 11) is 3.37. The molecule has 0 radical (unpaired) electrons. The van der Waals surface area contributed by atoms with Crippen molar-refractivity contribution in [1.82, 2.24) is 14.8 Å². The van der Waals surface area contributed by atoms with Crippen molar-refractivity contribution >= 4 is 16.9 Å².